The number of rotatable bonds is 10. The number of carbonyl (C=O) groups is 2. The van der Waals surface area contributed by atoms with Crippen molar-refractivity contribution in [3.63, 3.8) is 0 Å². The van der Waals surface area contributed by atoms with Gasteiger partial charge in [0.05, 0.1) is 40.7 Å². The highest BCUT2D eigenvalue weighted by Crippen LogP contribution is 2.48. The number of benzene rings is 1. The number of unbranched alkanes of at least 4 members (excludes halogenated alkanes) is 1. The zero-order valence-corrected chi connectivity index (χ0v) is 19.5. The van der Waals surface area contributed by atoms with Gasteiger partial charge < -0.3 is 25.6 Å². The van der Waals surface area contributed by atoms with Crippen LogP contribution in [-0.2, 0) is 16.6 Å². The average molecular weight is 465 g/mol. The van der Waals surface area contributed by atoms with E-state index in [2.05, 4.69) is 32.7 Å². The van der Waals surface area contributed by atoms with Crippen LogP contribution in [0.3, 0.4) is 0 Å². The number of hydrogen-bond donors (Lipinski definition) is 3. The van der Waals surface area contributed by atoms with Crippen LogP contribution in [0.5, 0.6) is 5.75 Å². The first kappa shape index (κ1) is 23.2. The monoisotopic (exact) mass is 464 g/mol. The third-order valence-corrected chi connectivity index (χ3v) is 6.03. The summed E-state index contributed by atoms with van der Waals surface area (Å²) < 4.78 is 11.1. The van der Waals surface area contributed by atoms with E-state index >= 15 is 0 Å². The smallest absolute Gasteiger partial charge is 0.254 e. The van der Waals surface area contributed by atoms with E-state index in [1.165, 1.54) is 6.20 Å². The molecule has 1 saturated carbocycles. The summed E-state index contributed by atoms with van der Waals surface area (Å²) in [7, 11) is 3.09. The number of hydrogen-bond acceptors (Lipinski definition) is 8. The van der Waals surface area contributed by atoms with Crippen LogP contribution >= 0.6 is 0 Å². The minimum absolute atomic E-state index is 0.320. The first-order chi connectivity index (χ1) is 16.4. The molecule has 0 spiro atoms. The molecule has 0 saturated heterocycles. The number of carbonyl (C=O) groups excluding carboxylic acids is 2. The van der Waals surface area contributed by atoms with Crippen LogP contribution in [-0.4, -0.2) is 41.1 Å². The molecule has 0 aliphatic heterocycles. The Morgan fingerprint density at radius 2 is 2.06 bits per heavy atom. The normalized spacial score (nSPS) is 13.9. The number of pyridine rings is 1. The fourth-order valence-electron chi connectivity index (χ4n) is 3.86. The Labute approximate surface area is 197 Å². The molecule has 10 heteroatoms. The summed E-state index contributed by atoms with van der Waals surface area (Å²) in [5, 5.41) is 10.00. The van der Waals surface area contributed by atoms with E-state index in [-0.39, 0.29) is 5.91 Å². The Kier molecular flexibility index (Phi) is 6.49. The van der Waals surface area contributed by atoms with Gasteiger partial charge in [-0.15, -0.1) is 0 Å². The number of para-hydroxylation sites is 1. The van der Waals surface area contributed by atoms with Gasteiger partial charge in [0.25, 0.3) is 5.91 Å². The third kappa shape index (κ3) is 4.30. The lowest BCUT2D eigenvalue weighted by atomic mass is 9.99. The molecule has 0 atom stereocenters. The molecule has 0 bridgehead atoms. The van der Waals surface area contributed by atoms with Crippen molar-refractivity contribution in [2.75, 3.05) is 19.5 Å². The largest absolute Gasteiger partial charge is 0.494 e. The average Bonchev–Trinajstić information content (AvgIpc) is 3.54. The van der Waals surface area contributed by atoms with Crippen LogP contribution < -0.4 is 21.1 Å². The number of methoxy groups -OCH3 is 1. The molecule has 3 aromatic rings. The highest BCUT2D eigenvalue weighted by molar-refractivity contribution is 6.00. The van der Waals surface area contributed by atoms with Crippen molar-refractivity contribution in [3.8, 4) is 17.1 Å². The van der Waals surface area contributed by atoms with Gasteiger partial charge in [0.2, 0.25) is 17.6 Å². The zero-order valence-electron chi connectivity index (χ0n) is 19.5. The van der Waals surface area contributed by atoms with E-state index in [0.717, 1.165) is 12.8 Å². The number of nitrogens with one attached hydrogen (secondary N) is 2. The maximum atomic E-state index is 12.5. The second-order valence-electron chi connectivity index (χ2n) is 8.27. The first-order valence-electron chi connectivity index (χ1n) is 11.2. The van der Waals surface area contributed by atoms with Gasteiger partial charge in [-0.1, -0.05) is 24.6 Å². The zero-order chi connectivity index (χ0) is 24.3. The fourth-order valence-corrected chi connectivity index (χ4v) is 3.86. The molecule has 178 valence electrons. The molecular formula is C24H28N6O4. The van der Waals surface area contributed by atoms with Gasteiger partial charge in [0, 0.05) is 19.7 Å². The Morgan fingerprint density at radius 3 is 2.71 bits per heavy atom. The van der Waals surface area contributed by atoms with Gasteiger partial charge in [-0.05, 0) is 37.5 Å². The summed E-state index contributed by atoms with van der Waals surface area (Å²) in [5.74, 6) is 0.731. The number of primary amides is 1. The summed E-state index contributed by atoms with van der Waals surface area (Å²) in [5.41, 5.74) is 7.40. The number of amides is 2. The van der Waals surface area contributed by atoms with Crippen molar-refractivity contribution < 1.29 is 18.8 Å². The van der Waals surface area contributed by atoms with Crippen LogP contribution in [0.1, 0.15) is 54.5 Å². The van der Waals surface area contributed by atoms with Crippen molar-refractivity contribution in [2.24, 2.45) is 5.73 Å². The third-order valence-electron chi connectivity index (χ3n) is 6.03. The Morgan fingerprint density at radius 1 is 1.26 bits per heavy atom. The maximum Gasteiger partial charge on any atom is 0.254 e. The van der Waals surface area contributed by atoms with Gasteiger partial charge in [0.1, 0.15) is 0 Å². The Bertz CT molecular complexity index is 1220. The van der Waals surface area contributed by atoms with Crippen LogP contribution in [0.25, 0.3) is 11.4 Å². The molecule has 0 unspecified atom stereocenters. The molecule has 2 aromatic heterocycles. The molecule has 1 aromatic carbocycles. The number of aryl methyl sites for hydroxylation is 1. The second-order valence-corrected chi connectivity index (χ2v) is 8.27. The van der Waals surface area contributed by atoms with Crippen molar-refractivity contribution >= 4 is 23.2 Å². The van der Waals surface area contributed by atoms with E-state index in [9.17, 15) is 9.59 Å². The topological polar surface area (TPSA) is 145 Å². The van der Waals surface area contributed by atoms with Crippen LogP contribution in [0.4, 0.5) is 11.4 Å². The lowest BCUT2D eigenvalue weighted by molar-refractivity contribution is -0.120. The predicted octanol–water partition coefficient (Wildman–Crippen LogP) is 3.10. The molecule has 10 nitrogen and oxygen atoms in total. The molecule has 34 heavy (non-hydrogen) atoms. The molecular weight excluding hydrogens is 436 g/mol. The van der Waals surface area contributed by atoms with Gasteiger partial charge in [-0.25, -0.2) is 0 Å². The van der Waals surface area contributed by atoms with Crippen molar-refractivity contribution in [1.82, 2.24) is 20.4 Å². The summed E-state index contributed by atoms with van der Waals surface area (Å²) in [6.07, 6.45) is 5.41. The maximum absolute atomic E-state index is 12.5. The van der Waals surface area contributed by atoms with Crippen LogP contribution in [0.15, 0.2) is 35.0 Å². The fraction of sp³-hybridized carbons (Fsp3) is 0.375. The van der Waals surface area contributed by atoms with Crippen molar-refractivity contribution in [3.05, 3.63) is 47.6 Å². The highest BCUT2D eigenvalue weighted by atomic mass is 16.5. The number of ether oxygens (including phenoxy) is 1. The summed E-state index contributed by atoms with van der Waals surface area (Å²) in [4.78, 5) is 33.4. The van der Waals surface area contributed by atoms with E-state index in [1.54, 1.807) is 20.2 Å². The summed E-state index contributed by atoms with van der Waals surface area (Å²) >= 11 is 0. The van der Waals surface area contributed by atoms with E-state index in [4.69, 9.17) is 15.0 Å². The molecule has 4 rings (SSSR count). The molecule has 1 fully saturated rings. The molecule has 2 amide bonds. The molecule has 1 aliphatic rings. The van der Waals surface area contributed by atoms with Crippen LogP contribution in [0.2, 0.25) is 0 Å². The van der Waals surface area contributed by atoms with E-state index in [1.807, 2.05) is 18.2 Å². The lowest BCUT2D eigenvalue weighted by Gasteiger charge is -2.18. The highest BCUT2D eigenvalue weighted by Gasteiger charge is 2.51. The quantitative estimate of drug-likeness (QED) is 0.415. The molecule has 4 N–H and O–H groups in total. The van der Waals surface area contributed by atoms with Gasteiger partial charge >= 0.3 is 0 Å². The number of nitrogens with zero attached hydrogens (tertiary/aromatic N) is 3. The SMILES string of the molecule is CCCCc1nc(-c2cccc(Nc3cc(C4(C(N)=O)CC4)ncc3C(=O)NC)c2OC)no1. The number of aromatic nitrogens is 3. The van der Waals surface area contributed by atoms with Crippen LogP contribution in [0, 0.1) is 0 Å². The second kappa shape index (κ2) is 9.50. The van der Waals surface area contributed by atoms with E-state index in [0.29, 0.717) is 64.9 Å². The lowest BCUT2D eigenvalue weighted by Crippen LogP contribution is -2.29. The minimum atomic E-state index is -0.789. The van der Waals surface area contributed by atoms with Crippen molar-refractivity contribution in [1.29, 1.82) is 0 Å². The van der Waals surface area contributed by atoms with Gasteiger partial charge in [0.15, 0.2) is 5.75 Å². The van der Waals surface area contributed by atoms with Gasteiger partial charge in [-0.3, -0.25) is 14.6 Å². The summed E-state index contributed by atoms with van der Waals surface area (Å²) in [6, 6.07) is 7.18. The molecule has 0 radical (unpaired) electrons. The Hall–Kier alpha value is -3.95. The summed E-state index contributed by atoms with van der Waals surface area (Å²) in [6.45, 7) is 2.10. The van der Waals surface area contributed by atoms with Gasteiger partial charge in [-0.2, -0.15) is 4.98 Å². The predicted molar refractivity (Wildman–Crippen MR) is 126 cm³/mol. The van der Waals surface area contributed by atoms with Crippen molar-refractivity contribution in [2.45, 2.75) is 44.4 Å². The number of nitrogens with two attached hydrogens (primary N) is 1. The standard InChI is InChI=1S/C24H28N6O4/c1-4-5-9-19-29-21(30-34-19)14-7-6-8-16(20(14)33-3)28-17-12-18(24(10-11-24)23(25)32)27-13-15(17)22(31)26-2/h6-8,12-13H,4-5,9-11H2,1-3H3,(H2,25,32)(H,26,31)(H,27,28). The number of anilines is 2. The molecule has 2 heterocycles. The van der Waals surface area contributed by atoms with E-state index < -0.39 is 11.3 Å². The Balaban J connectivity index is 1.73. The first-order valence-corrected chi connectivity index (χ1v) is 11.2. The minimum Gasteiger partial charge on any atom is -0.494 e. The molecule has 1 aliphatic carbocycles.